The minimum absolute atomic E-state index is 0.150. The summed E-state index contributed by atoms with van der Waals surface area (Å²) in [6.07, 6.45) is 1.50. The lowest BCUT2D eigenvalue weighted by molar-refractivity contribution is -0.123. The zero-order valence-corrected chi connectivity index (χ0v) is 22.1. The number of esters is 1. The van der Waals surface area contributed by atoms with Gasteiger partial charge in [-0.25, -0.2) is 10.2 Å². The zero-order valence-electron chi connectivity index (χ0n) is 19.0. The van der Waals surface area contributed by atoms with E-state index in [-0.39, 0.29) is 18.4 Å². The van der Waals surface area contributed by atoms with Crippen molar-refractivity contribution in [2.75, 3.05) is 6.61 Å². The molecule has 0 heterocycles. The van der Waals surface area contributed by atoms with Crippen molar-refractivity contribution >= 4 is 50.0 Å². The minimum atomic E-state index is -0.442. The van der Waals surface area contributed by atoms with Gasteiger partial charge in [0.2, 0.25) is 0 Å². The first-order chi connectivity index (χ1) is 16.2. The molecule has 34 heavy (non-hydrogen) atoms. The van der Waals surface area contributed by atoms with Gasteiger partial charge in [0.05, 0.1) is 11.8 Å². The van der Waals surface area contributed by atoms with E-state index in [0.29, 0.717) is 17.1 Å². The molecule has 1 amide bonds. The van der Waals surface area contributed by atoms with E-state index in [1.807, 2.05) is 19.1 Å². The fraction of sp³-hybridized carbons (Fsp3) is 0.192. The number of hydrazone groups is 1. The van der Waals surface area contributed by atoms with E-state index in [9.17, 15) is 9.59 Å². The van der Waals surface area contributed by atoms with Gasteiger partial charge in [-0.15, -0.1) is 0 Å². The van der Waals surface area contributed by atoms with Crippen molar-refractivity contribution in [2.24, 2.45) is 5.10 Å². The van der Waals surface area contributed by atoms with E-state index in [1.165, 1.54) is 6.21 Å². The number of aryl methyl sites for hydroxylation is 1. The number of nitrogens with one attached hydrogen (secondary N) is 1. The van der Waals surface area contributed by atoms with Crippen molar-refractivity contribution in [3.63, 3.8) is 0 Å². The predicted molar refractivity (Wildman–Crippen MR) is 140 cm³/mol. The Morgan fingerprint density at radius 1 is 1.03 bits per heavy atom. The van der Waals surface area contributed by atoms with Gasteiger partial charge in [0, 0.05) is 8.95 Å². The lowest BCUT2D eigenvalue weighted by Gasteiger charge is -2.15. The summed E-state index contributed by atoms with van der Waals surface area (Å²) in [5.74, 6) is 0.538. The van der Waals surface area contributed by atoms with Crippen LogP contribution in [0.3, 0.4) is 0 Å². The SMILES string of the molecule is Cc1cc(OCC(=O)N/N=C\c2ccc(OC(=O)c3ccc(Br)cc3)cc2)c(C(C)C)cc1Br. The normalized spacial score (nSPS) is 11.0. The molecule has 6 nitrogen and oxygen atoms in total. The van der Waals surface area contributed by atoms with Gasteiger partial charge in [-0.3, -0.25) is 4.79 Å². The van der Waals surface area contributed by atoms with Crippen LogP contribution in [0.2, 0.25) is 0 Å². The van der Waals surface area contributed by atoms with Crippen LogP contribution >= 0.6 is 31.9 Å². The van der Waals surface area contributed by atoms with Crippen LogP contribution < -0.4 is 14.9 Å². The molecule has 0 aromatic heterocycles. The van der Waals surface area contributed by atoms with E-state index in [0.717, 1.165) is 25.6 Å². The van der Waals surface area contributed by atoms with Gasteiger partial charge in [-0.1, -0.05) is 45.7 Å². The topological polar surface area (TPSA) is 77.0 Å². The molecule has 0 unspecified atom stereocenters. The van der Waals surface area contributed by atoms with Crippen molar-refractivity contribution in [1.82, 2.24) is 5.43 Å². The summed E-state index contributed by atoms with van der Waals surface area (Å²) >= 11 is 6.87. The second-order valence-electron chi connectivity index (χ2n) is 7.84. The molecule has 0 aliphatic rings. The van der Waals surface area contributed by atoms with Gasteiger partial charge >= 0.3 is 5.97 Å². The van der Waals surface area contributed by atoms with Crippen molar-refractivity contribution < 1.29 is 19.1 Å². The van der Waals surface area contributed by atoms with Gasteiger partial charge < -0.3 is 9.47 Å². The average molecular weight is 588 g/mol. The van der Waals surface area contributed by atoms with Gasteiger partial charge in [-0.2, -0.15) is 5.10 Å². The number of benzene rings is 3. The van der Waals surface area contributed by atoms with Crippen molar-refractivity contribution in [2.45, 2.75) is 26.7 Å². The molecule has 0 atom stereocenters. The second-order valence-corrected chi connectivity index (χ2v) is 9.61. The third-order valence-electron chi connectivity index (χ3n) is 4.85. The molecule has 1 N–H and O–H groups in total. The van der Waals surface area contributed by atoms with Crippen LogP contribution in [0.1, 0.15) is 46.8 Å². The summed E-state index contributed by atoms with van der Waals surface area (Å²) < 4.78 is 13.0. The van der Waals surface area contributed by atoms with Crippen LogP contribution in [-0.4, -0.2) is 24.7 Å². The Morgan fingerprint density at radius 3 is 2.35 bits per heavy atom. The average Bonchev–Trinajstić information content (AvgIpc) is 2.81. The molecule has 3 aromatic rings. The summed E-state index contributed by atoms with van der Waals surface area (Å²) in [6, 6.07) is 17.6. The summed E-state index contributed by atoms with van der Waals surface area (Å²) in [5.41, 5.74) is 5.70. The van der Waals surface area contributed by atoms with Crippen LogP contribution in [0.15, 0.2) is 74.7 Å². The Balaban J connectivity index is 1.50. The highest BCUT2D eigenvalue weighted by atomic mass is 79.9. The molecule has 8 heteroatoms. The van der Waals surface area contributed by atoms with E-state index in [1.54, 1.807) is 48.5 Å². The van der Waals surface area contributed by atoms with Gasteiger partial charge in [0.15, 0.2) is 6.61 Å². The Bertz CT molecular complexity index is 1190. The number of amides is 1. The van der Waals surface area contributed by atoms with Gasteiger partial charge in [-0.05, 0) is 90.2 Å². The first-order valence-electron chi connectivity index (χ1n) is 10.6. The van der Waals surface area contributed by atoms with E-state index in [2.05, 4.69) is 56.2 Å². The molecule has 0 saturated heterocycles. The maximum absolute atomic E-state index is 12.2. The van der Waals surface area contributed by atoms with Gasteiger partial charge in [0.1, 0.15) is 11.5 Å². The zero-order chi connectivity index (χ0) is 24.7. The van der Waals surface area contributed by atoms with Crippen molar-refractivity contribution in [3.8, 4) is 11.5 Å². The highest BCUT2D eigenvalue weighted by molar-refractivity contribution is 9.10. The lowest BCUT2D eigenvalue weighted by Crippen LogP contribution is -2.25. The largest absolute Gasteiger partial charge is 0.483 e. The monoisotopic (exact) mass is 586 g/mol. The summed E-state index contributed by atoms with van der Waals surface area (Å²) in [5, 5.41) is 3.97. The number of hydrogen-bond acceptors (Lipinski definition) is 5. The molecule has 0 aliphatic carbocycles. The lowest BCUT2D eigenvalue weighted by atomic mass is 10.0. The highest BCUT2D eigenvalue weighted by Crippen LogP contribution is 2.32. The maximum Gasteiger partial charge on any atom is 0.343 e. The number of nitrogens with zero attached hydrogens (tertiary/aromatic N) is 1. The Labute approximate surface area is 215 Å². The molecule has 0 fully saturated rings. The Hall–Kier alpha value is -2.97. The first-order valence-corrected chi connectivity index (χ1v) is 12.1. The van der Waals surface area contributed by atoms with Crippen LogP contribution in [0, 0.1) is 6.92 Å². The summed E-state index contributed by atoms with van der Waals surface area (Å²) in [6.45, 7) is 5.96. The highest BCUT2D eigenvalue weighted by Gasteiger charge is 2.12. The van der Waals surface area contributed by atoms with Crippen molar-refractivity contribution in [1.29, 1.82) is 0 Å². The van der Waals surface area contributed by atoms with Gasteiger partial charge in [0.25, 0.3) is 5.91 Å². The third kappa shape index (κ3) is 7.27. The summed E-state index contributed by atoms with van der Waals surface area (Å²) in [4.78, 5) is 24.3. The Morgan fingerprint density at radius 2 is 1.71 bits per heavy atom. The van der Waals surface area contributed by atoms with Crippen LogP contribution in [0.25, 0.3) is 0 Å². The molecule has 176 valence electrons. The minimum Gasteiger partial charge on any atom is -0.483 e. The fourth-order valence-corrected chi connectivity index (χ4v) is 3.60. The first kappa shape index (κ1) is 25.6. The standard InChI is InChI=1S/C26H24Br2N2O4/c1-16(2)22-13-23(28)17(3)12-24(22)33-15-25(31)30-29-14-18-4-10-21(11-5-18)34-26(32)19-6-8-20(27)9-7-19/h4-14,16H,15H2,1-3H3,(H,30,31)/b29-14-. The molecule has 0 saturated carbocycles. The molecular weight excluding hydrogens is 564 g/mol. The molecular formula is C26H24Br2N2O4. The van der Waals surface area contributed by atoms with E-state index in [4.69, 9.17) is 9.47 Å². The number of carbonyl (C=O) groups is 2. The van der Waals surface area contributed by atoms with E-state index >= 15 is 0 Å². The number of ether oxygens (including phenoxy) is 2. The second kappa shape index (κ2) is 11.9. The quantitative estimate of drug-likeness (QED) is 0.143. The fourth-order valence-electron chi connectivity index (χ4n) is 2.97. The number of halogens is 2. The summed E-state index contributed by atoms with van der Waals surface area (Å²) in [7, 11) is 0. The van der Waals surface area contributed by atoms with Crippen LogP contribution in [-0.2, 0) is 4.79 Å². The Kier molecular flexibility index (Phi) is 9.01. The number of hydrogen-bond donors (Lipinski definition) is 1. The number of carbonyl (C=O) groups excluding carboxylic acids is 2. The smallest absolute Gasteiger partial charge is 0.343 e. The third-order valence-corrected chi connectivity index (χ3v) is 6.23. The van der Waals surface area contributed by atoms with Crippen LogP contribution in [0.4, 0.5) is 0 Å². The van der Waals surface area contributed by atoms with Crippen LogP contribution in [0.5, 0.6) is 11.5 Å². The molecule has 3 aromatic carbocycles. The molecule has 0 aliphatic heterocycles. The maximum atomic E-state index is 12.2. The number of rotatable bonds is 8. The predicted octanol–water partition coefficient (Wildman–Crippen LogP) is 6.39. The van der Waals surface area contributed by atoms with Crippen molar-refractivity contribution in [3.05, 3.63) is 91.9 Å². The molecule has 0 spiro atoms. The molecule has 0 bridgehead atoms. The molecule has 3 rings (SSSR count). The van der Waals surface area contributed by atoms with E-state index < -0.39 is 5.97 Å². The molecule has 0 radical (unpaired) electrons.